The van der Waals surface area contributed by atoms with E-state index in [-0.39, 0.29) is 5.75 Å². The Balaban J connectivity index is 1.85. The summed E-state index contributed by atoms with van der Waals surface area (Å²) >= 11 is 0. The van der Waals surface area contributed by atoms with Gasteiger partial charge >= 0.3 is 13.5 Å². The summed E-state index contributed by atoms with van der Waals surface area (Å²) in [5.41, 5.74) is 0.842. The van der Waals surface area contributed by atoms with Crippen LogP contribution >= 0.6 is 7.52 Å². The van der Waals surface area contributed by atoms with Crippen LogP contribution in [0, 0.1) is 0 Å². The van der Waals surface area contributed by atoms with E-state index in [1.807, 2.05) is 0 Å². The molecule has 1 aromatic rings. The Hall–Kier alpha value is -1.32. The summed E-state index contributed by atoms with van der Waals surface area (Å²) in [5.74, 6) is -0.279. The third kappa shape index (κ3) is 1.02. The number of fused-ring (bicyclic) bond motifs is 1. The van der Waals surface area contributed by atoms with Crippen molar-refractivity contribution in [2.45, 2.75) is 11.7 Å². The second-order valence-corrected chi connectivity index (χ2v) is 6.02. The zero-order chi connectivity index (χ0) is 10.7. The van der Waals surface area contributed by atoms with Gasteiger partial charge in [0, 0.05) is 6.42 Å². The molecule has 2 N–H and O–H groups in total. The lowest BCUT2D eigenvalue weighted by atomic mass is 10.1. The van der Waals surface area contributed by atoms with E-state index in [4.69, 9.17) is 5.11 Å². The third-order valence-corrected chi connectivity index (χ3v) is 5.06. The van der Waals surface area contributed by atoms with Gasteiger partial charge in [0.1, 0.15) is 5.75 Å². The maximum atomic E-state index is 11.5. The summed E-state index contributed by atoms with van der Waals surface area (Å²) in [7, 11) is -2.83. The number of carbonyl (C=O) groups is 1. The predicted molar refractivity (Wildman–Crippen MR) is 51.4 cm³/mol. The molecule has 2 aliphatic heterocycles. The summed E-state index contributed by atoms with van der Waals surface area (Å²) in [5, 5.41) is 10.8. The molecule has 0 aromatic heterocycles. The first-order valence-corrected chi connectivity index (χ1v) is 6.10. The minimum Gasteiger partial charge on any atom is -0.508 e. The van der Waals surface area contributed by atoms with Crippen LogP contribution in [0.5, 0.6) is 5.75 Å². The van der Waals surface area contributed by atoms with Crippen LogP contribution in [0.2, 0.25) is 0 Å². The maximum Gasteiger partial charge on any atom is 0.352 e. The van der Waals surface area contributed by atoms with Crippen LogP contribution in [-0.2, 0) is 20.3 Å². The van der Waals surface area contributed by atoms with E-state index in [1.165, 1.54) is 12.1 Å². The van der Waals surface area contributed by atoms with Gasteiger partial charge in [-0.25, -0.2) is 9.88 Å². The summed E-state index contributed by atoms with van der Waals surface area (Å²) in [6.07, 6.45) is 0.351. The fourth-order valence-electron chi connectivity index (χ4n) is 1.76. The number of aromatic hydroxyl groups is 1. The number of rotatable bonds is 2. The van der Waals surface area contributed by atoms with E-state index in [1.54, 1.807) is 12.1 Å². The Morgan fingerprint density at radius 2 is 2.07 bits per heavy atom. The van der Waals surface area contributed by atoms with Crippen molar-refractivity contribution >= 4 is 13.5 Å². The van der Waals surface area contributed by atoms with Crippen molar-refractivity contribution < 1.29 is 19.0 Å². The SMILES string of the molecule is O=C1OP2(=O)N[C@@]12Cc1ccc(O)cc1. The van der Waals surface area contributed by atoms with Crippen molar-refractivity contribution in [2.24, 2.45) is 0 Å². The van der Waals surface area contributed by atoms with E-state index in [0.717, 1.165) is 5.56 Å². The van der Waals surface area contributed by atoms with Gasteiger partial charge in [0.25, 0.3) is 0 Å². The summed E-state index contributed by atoms with van der Waals surface area (Å²) in [6, 6.07) is 6.45. The van der Waals surface area contributed by atoms with E-state index < -0.39 is 18.8 Å². The average molecular weight is 225 g/mol. The Kier molecular flexibility index (Phi) is 1.45. The number of phenolic OH excluding ortho intramolecular Hbond substituents is 1. The molecule has 0 aliphatic carbocycles. The lowest BCUT2D eigenvalue weighted by Gasteiger charge is -2.19. The van der Waals surface area contributed by atoms with Crippen LogP contribution < -0.4 is 5.09 Å². The molecule has 15 heavy (non-hydrogen) atoms. The molecule has 0 saturated carbocycles. The van der Waals surface area contributed by atoms with Crippen molar-refractivity contribution in [3.63, 3.8) is 0 Å². The molecule has 2 heterocycles. The van der Waals surface area contributed by atoms with Crippen LogP contribution in [0.1, 0.15) is 5.56 Å². The number of phenols is 1. The molecular formula is C9H8NO4P. The van der Waals surface area contributed by atoms with Crippen LogP contribution in [0.3, 0.4) is 0 Å². The van der Waals surface area contributed by atoms with E-state index in [2.05, 4.69) is 9.61 Å². The van der Waals surface area contributed by atoms with Gasteiger partial charge in [0.2, 0.25) is 5.28 Å². The molecule has 3 rings (SSSR count). The largest absolute Gasteiger partial charge is 0.508 e. The van der Waals surface area contributed by atoms with Crippen molar-refractivity contribution in [3.05, 3.63) is 29.8 Å². The quantitative estimate of drug-likeness (QED) is 0.578. The molecule has 6 heteroatoms. The first-order chi connectivity index (χ1) is 7.06. The number of carbonyl (C=O) groups excluding carboxylic acids is 1. The number of nitrogens with one attached hydrogen (secondary N) is 1. The molecule has 2 atom stereocenters. The van der Waals surface area contributed by atoms with Gasteiger partial charge in [0.05, 0.1) is 0 Å². The van der Waals surface area contributed by atoms with Crippen molar-refractivity contribution in [2.75, 3.05) is 0 Å². The fourth-order valence-corrected chi connectivity index (χ4v) is 3.75. The Morgan fingerprint density at radius 3 is 2.53 bits per heavy atom. The van der Waals surface area contributed by atoms with Crippen molar-refractivity contribution in [3.8, 4) is 5.75 Å². The highest BCUT2D eigenvalue weighted by molar-refractivity contribution is 7.70. The van der Waals surface area contributed by atoms with Crippen molar-refractivity contribution in [1.29, 1.82) is 0 Å². The lowest BCUT2D eigenvalue weighted by molar-refractivity contribution is -0.139. The molecule has 5 nitrogen and oxygen atoms in total. The van der Waals surface area contributed by atoms with Gasteiger partial charge in [-0.2, -0.15) is 0 Å². The van der Waals surface area contributed by atoms with Gasteiger partial charge in [-0.3, -0.25) is 4.57 Å². The highest BCUT2D eigenvalue weighted by Crippen LogP contribution is 2.79. The first-order valence-electron chi connectivity index (χ1n) is 4.47. The Bertz CT molecular complexity index is 497. The monoisotopic (exact) mass is 225 g/mol. The normalized spacial score (nSPS) is 36.4. The number of benzene rings is 1. The molecule has 0 bridgehead atoms. The van der Waals surface area contributed by atoms with Crippen LogP contribution in [0.25, 0.3) is 0 Å². The molecule has 2 fully saturated rings. The van der Waals surface area contributed by atoms with Crippen LogP contribution in [-0.4, -0.2) is 16.4 Å². The molecular weight excluding hydrogens is 217 g/mol. The highest BCUT2D eigenvalue weighted by atomic mass is 31.2. The second-order valence-electron chi connectivity index (χ2n) is 3.75. The smallest absolute Gasteiger partial charge is 0.352 e. The maximum absolute atomic E-state index is 11.5. The molecule has 2 saturated heterocycles. The minimum atomic E-state index is -2.83. The van der Waals surface area contributed by atoms with Gasteiger partial charge in [-0.05, 0) is 17.7 Å². The predicted octanol–water partition coefficient (Wildman–Crippen LogP) is 0.984. The highest BCUT2D eigenvalue weighted by Gasteiger charge is 2.83. The molecule has 0 spiro atoms. The van der Waals surface area contributed by atoms with E-state index in [9.17, 15) is 9.36 Å². The average Bonchev–Trinajstić information content (AvgIpc) is 2.67. The van der Waals surface area contributed by atoms with Crippen LogP contribution in [0.15, 0.2) is 24.3 Å². The number of hydrogen-bond acceptors (Lipinski definition) is 4. The second kappa shape index (κ2) is 2.43. The summed E-state index contributed by atoms with van der Waals surface area (Å²) in [4.78, 5) is 11.2. The molecule has 78 valence electrons. The first kappa shape index (κ1) is 8.95. The van der Waals surface area contributed by atoms with E-state index >= 15 is 0 Å². The number of hydrogen-bond donors (Lipinski definition) is 2. The fraction of sp³-hybridized carbons (Fsp3) is 0.222. The Morgan fingerprint density at radius 1 is 1.40 bits per heavy atom. The minimum absolute atomic E-state index is 0.166. The zero-order valence-electron chi connectivity index (χ0n) is 7.64. The van der Waals surface area contributed by atoms with Gasteiger partial charge in [-0.15, -0.1) is 0 Å². The van der Waals surface area contributed by atoms with Gasteiger partial charge in [-0.1, -0.05) is 12.1 Å². The molecule has 0 radical (unpaired) electrons. The lowest BCUT2D eigenvalue weighted by Crippen LogP contribution is -2.35. The molecule has 2 aliphatic rings. The van der Waals surface area contributed by atoms with Crippen LogP contribution in [0.4, 0.5) is 0 Å². The Labute approximate surface area is 85.6 Å². The molecule has 1 unspecified atom stereocenters. The standard InChI is InChI=1S/C9H8NO4P/c11-7-3-1-6(2-4-7)5-9-8(12)14-15(9,13)10-9/h1-4,11H,5H2,(H,10,13)/t9-,15?/m1/s1. The molecule has 0 amide bonds. The topological polar surface area (TPSA) is 85.5 Å². The summed E-state index contributed by atoms with van der Waals surface area (Å²) in [6.45, 7) is 0. The van der Waals surface area contributed by atoms with Gasteiger partial charge < -0.3 is 9.63 Å². The molecule has 1 aromatic carbocycles. The third-order valence-electron chi connectivity index (χ3n) is 2.73. The zero-order valence-corrected chi connectivity index (χ0v) is 8.53. The van der Waals surface area contributed by atoms with Gasteiger partial charge in [0.15, 0.2) is 0 Å². The summed E-state index contributed by atoms with van der Waals surface area (Å²) < 4.78 is 16.1. The van der Waals surface area contributed by atoms with Crippen molar-refractivity contribution in [1.82, 2.24) is 5.09 Å². The van der Waals surface area contributed by atoms with E-state index in [0.29, 0.717) is 6.42 Å².